The summed E-state index contributed by atoms with van der Waals surface area (Å²) < 4.78 is 5.99. The van der Waals surface area contributed by atoms with Crippen LogP contribution >= 0.6 is 0 Å². The lowest BCUT2D eigenvalue weighted by Crippen LogP contribution is -2.18. The van der Waals surface area contributed by atoms with Crippen molar-refractivity contribution >= 4 is 11.2 Å². The van der Waals surface area contributed by atoms with Gasteiger partial charge < -0.3 is 9.32 Å². The molecule has 2 unspecified atom stereocenters. The summed E-state index contributed by atoms with van der Waals surface area (Å²) in [5.41, 5.74) is 2.57. The minimum absolute atomic E-state index is 0.430. The Morgan fingerprint density at radius 1 is 1.25 bits per heavy atom. The maximum absolute atomic E-state index is 5.99. The van der Waals surface area contributed by atoms with Gasteiger partial charge in [-0.05, 0) is 58.0 Å². The van der Waals surface area contributed by atoms with E-state index in [1.807, 2.05) is 19.1 Å². The van der Waals surface area contributed by atoms with Gasteiger partial charge in [0, 0.05) is 11.6 Å². The van der Waals surface area contributed by atoms with E-state index < -0.39 is 0 Å². The number of hydrogen-bond acceptors (Lipinski definition) is 4. The van der Waals surface area contributed by atoms with Crippen molar-refractivity contribution in [1.29, 1.82) is 0 Å². The van der Waals surface area contributed by atoms with Crippen molar-refractivity contribution in [3.05, 3.63) is 23.7 Å². The summed E-state index contributed by atoms with van der Waals surface area (Å²) in [4.78, 5) is 11.5. The first-order valence-electron chi connectivity index (χ1n) is 7.60. The molecule has 0 aromatic carbocycles. The lowest BCUT2D eigenvalue weighted by molar-refractivity contribution is 0.334. The summed E-state index contributed by atoms with van der Waals surface area (Å²) in [6, 6.07) is 3.97. The van der Waals surface area contributed by atoms with Crippen LogP contribution in [0.1, 0.15) is 43.7 Å². The maximum Gasteiger partial charge on any atom is 0.200 e. The molecule has 2 aromatic rings. The average Bonchev–Trinajstić information content (AvgIpc) is 2.74. The van der Waals surface area contributed by atoms with Crippen molar-refractivity contribution in [1.82, 2.24) is 14.9 Å². The molecule has 3 heterocycles. The first kappa shape index (κ1) is 13.6. The summed E-state index contributed by atoms with van der Waals surface area (Å²) in [5, 5.41) is 0. The van der Waals surface area contributed by atoms with Crippen molar-refractivity contribution in [2.75, 3.05) is 20.1 Å². The Balaban J connectivity index is 1.94. The molecule has 2 aromatic heterocycles. The highest BCUT2D eigenvalue weighted by Crippen LogP contribution is 2.35. The zero-order valence-corrected chi connectivity index (χ0v) is 12.6. The van der Waals surface area contributed by atoms with Gasteiger partial charge in [0.25, 0.3) is 0 Å². The maximum atomic E-state index is 5.99. The summed E-state index contributed by atoms with van der Waals surface area (Å²) in [7, 11) is 2.20. The second-order valence-electron chi connectivity index (χ2n) is 5.98. The van der Waals surface area contributed by atoms with E-state index in [1.54, 1.807) is 0 Å². The smallest absolute Gasteiger partial charge is 0.200 e. The highest BCUT2D eigenvalue weighted by molar-refractivity contribution is 5.67. The topological polar surface area (TPSA) is 42.2 Å². The molecule has 0 bridgehead atoms. The Morgan fingerprint density at radius 2 is 2.05 bits per heavy atom. The first-order chi connectivity index (χ1) is 9.67. The van der Waals surface area contributed by atoms with Gasteiger partial charge in [-0.15, -0.1) is 0 Å². The molecule has 0 N–H and O–H groups in total. The molecule has 2 atom stereocenters. The van der Waals surface area contributed by atoms with Gasteiger partial charge in [-0.3, -0.25) is 0 Å². The normalized spacial score (nSPS) is 24.9. The molecular weight excluding hydrogens is 250 g/mol. The van der Waals surface area contributed by atoms with Crippen LogP contribution in [-0.2, 0) is 0 Å². The average molecular weight is 273 g/mol. The van der Waals surface area contributed by atoms with Crippen LogP contribution in [0.25, 0.3) is 11.2 Å². The summed E-state index contributed by atoms with van der Waals surface area (Å²) in [5.74, 6) is 1.98. The van der Waals surface area contributed by atoms with Crippen molar-refractivity contribution in [2.24, 2.45) is 5.92 Å². The molecule has 0 radical (unpaired) electrons. The number of rotatable bonds is 2. The van der Waals surface area contributed by atoms with Crippen molar-refractivity contribution in [3.63, 3.8) is 0 Å². The number of fused-ring (bicyclic) bond motifs is 1. The molecule has 20 heavy (non-hydrogen) atoms. The van der Waals surface area contributed by atoms with E-state index in [4.69, 9.17) is 4.42 Å². The van der Waals surface area contributed by atoms with Gasteiger partial charge in [-0.2, -0.15) is 4.98 Å². The number of hydrogen-bond donors (Lipinski definition) is 0. The molecule has 0 spiro atoms. The molecule has 0 amide bonds. The van der Waals surface area contributed by atoms with Gasteiger partial charge in [0.15, 0.2) is 17.1 Å². The van der Waals surface area contributed by atoms with E-state index in [-0.39, 0.29) is 0 Å². The number of aryl methyl sites for hydroxylation is 1. The van der Waals surface area contributed by atoms with E-state index in [0.717, 1.165) is 35.8 Å². The second kappa shape index (κ2) is 5.52. The predicted molar refractivity (Wildman–Crippen MR) is 79.8 cm³/mol. The highest BCUT2D eigenvalue weighted by Gasteiger charge is 2.29. The van der Waals surface area contributed by atoms with Crippen LogP contribution in [-0.4, -0.2) is 35.0 Å². The van der Waals surface area contributed by atoms with E-state index >= 15 is 0 Å². The number of nitrogens with zero attached hydrogens (tertiary/aromatic N) is 3. The van der Waals surface area contributed by atoms with Crippen molar-refractivity contribution < 1.29 is 4.42 Å². The van der Waals surface area contributed by atoms with Gasteiger partial charge in [-0.1, -0.05) is 13.3 Å². The van der Waals surface area contributed by atoms with Gasteiger partial charge in [0.2, 0.25) is 0 Å². The Labute approximate surface area is 120 Å². The zero-order chi connectivity index (χ0) is 14.1. The zero-order valence-electron chi connectivity index (χ0n) is 12.6. The number of likely N-dealkylation sites (tertiary alicyclic amines) is 1. The predicted octanol–water partition coefficient (Wildman–Crippen LogP) is 3.37. The molecule has 1 saturated heterocycles. The van der Waals surface area contributed by atoms with Crippen LogP contribution in [0.3, 0.4) is 0 Å². The van der Waals surface area contributed by atoms with E-state index in [2.05, 4.69) is 28.8 Å². The lowest BCUT2D eigenvalue weighted by Gasteiger charge is -2.19. The second-order valence-corrected chi connectivity index (χ2v) is 5.98. The molecule has 1 fully saturated rings. The number of pyridine rings is 1. The van der Waals surface area contributed by atoms with Crippen LogP contribution in [0.4, 0.5) is 0 Å². The standard InChI is InChI=1S/C16H23N3O/c1-4-12-7-9-19(3)10-8-13(12)16-18-15-14(20-16)6-5-11(2)17-15/h5-6,12-13H,4,7-10H2,1-3H3. The minimum atomic E-state index is 0.430. The molecule has 4 nitrogen and oxygen atoms in total. The third-order valence-corrected chi connectivity index (χ3v) is 4.52. The van der Waals surface area contributed by atoms with Crippen molar-refractivity contribution in [3.8, 4) is 0 Å². The molecule has 108 valence electrons. The monoisotopic (exact) mass is 273 g/mol. The highest BCUT2D eigenvalue weighted by atomic mass is 16.3. The third kappa shape index (κ3) is 2.57. The van der Waals surface area contributed by atoms with Crippen LogP contribution in [0.15, 0.2) is 16.5 Å². The van der Waals surface area contributed by atoms with Crippen LogP contribution in [0.5, 0.6) is 0 Å². The summed E-state index contributed by atoms with van der Waals surface area (Å²) in [6.07, 6.45) is 3.54. The summed E-state index contributed by atoms with van der Waals surface area (Å²) in [6.45, 7) is 6.55. The fourth-order valence-electron chi connectivity index (χ4n) is 3.20. The Hall–Kier alpha value is -1.42. The van der Waals surface area contributed by atoms with E-state index in [9.17, 15) is 0 Å². The summed E-state index contributed by atoms with van der Waals surface area (Å²) >= 11 is 0. The molecule has 3 rings (SSSR count). The Morgan fingerprint density at radius 3 is 2.85 bits per heavy atom. The van der Waals surface area contributed by atoms with Gasteiger partial charge in [-0.25, -0.2) is 4.98 Å². The van der Waals surface area contributed by atoms with Crippen LogP contribution in [0, 0.1) is 12.8 Å². The molecule has 0 saturated carbocycles. The largest absolute Gasteiger partial charge is 0.439 e. The van der Waals surface area contributed by atoms with Crippen LogP contribution in [0.2, 0.25) is 0 Å². The van der Waals surface area contributed by atoms with Crippen molar-refractivity contribution in [2.45, 2.75) is 39.0 Å². The first-order valence-corrected chi connectivity index (χ1v) is 7.60. The molecule has 1 aliphatic rings. The van der Waals surface area contributed by atoms with E-state index in [0.29, 0.717) is 11.8 Å². The number of aromatic nitrogens is 2. The van der Waals surface area contributed by atoms with Crippen LogP contribution < -0.4 is 0 Å². The molecular formula is C16H23N3O. The molecule has 1 aliphatic heterocycles. The SMILES string of the molecule is CCC1CCN(C)CCC1c1nc2nc(C)ccc2o1. The minimum Gasteiger partial charge on any atom is -0.439 e. The third-order valence-electron chi connectivity index (χ3n) is 4.52. The van der Waals surface area contributed by atoms with Gasteiger partial charge >= 0.3 is 0 Å². The van der Waals surface area contributed by atoms with Gasteiger partial charge in [0.05, 0.1) is 0 Å². The molecule has 4 heteroatoms. The Bertz CT molecular complexity index is 592. The quantitative estimate of drug-likeness (QED) is 0.841. The number of oxazole rings is 1. The lowest BCUT2D eigenvalue weighted by atomic mass is 9.86. The fraction of sp³-hybridized carbons (Fsp3) is 0.625. The molecule has 0 aliphatic carbocycles. The van der Waals surface area contributed by atoms with Gasteiger partial charge in [0.1, 0.15) is 0 Å². The fourth-order valence-corrected chi connectivity index (χ4v) is 3.20. The Kier molecular flexibility index (Phi) is 3.74. The van der Waals surface area contributed by atoms with E-state index in [1.165, 1.54) is 19.4 Å².